The fourth-order valence-corrected chi connectivity index (χ4v) is 2.53. The molecule has 1 aromatic carbocycles. The minimum Gasteiger partial charge on any atom is -0.397 e. The molecule has 0 saturated carbocycles. The van der Waals surface area contributed by atoms with Crippen molar-refractivity contribution in [3.8, 4) is 0 Å². The molecule has 0 unspecified atom stereocenters. The molecule has 0 aliphatic carbocycles. The van der Waals surface area contributed by atoms with Crippen molar-refractivity contribution in [2.24, 2.45) is 0 Å². The minimum absolute atomic E-state index is 0.212. The molecule has 0 aliphatic heterocycles. The Morgan fingerprint density at radius 3 is 2.26 bits per heavy atom. The van der Waals surface area contributed by atoms with E-state index in [9.17, 15) is 0 Å². The summed E-state index contributed by atoms with van der Waals surface area (Å²) in [6, 6.07) is 12.7. The van der Waals surface area contributed by atoms with Crippen molar-refractivity contribution < 1.29 is 0 Å². The second-order valence-corrected chi connectivity index (χ2v) is 6.66. The van der Waals surface area contributed by atoms with Gasteiger partial charge >= 0.3 is 0 Å². The van der Waals surface area contributed by atoms with E-state index in [4.69, 9.17) is 5.73 Å². The van der Waals surface area contributed by atoms with Crippen LogP contribution < -0.4 is 5.73 Å². The van der Waals surface area contributed by atoms with E-state index in [-0.39, 0.29) is 5.41 Å². The van der Waals surface area contributed by atoms with Crippen molar-refractivity contribution >= 4 is 17.4 Å². The van der Waals surface area contributed by atoms with Crippen LogP contribution in [0.2, 0.25) is 0 Å². The normalized spacial score (nSPS) is 11.5. The van der Waals surface area contributed by atoms with E-state index < -0.39 is 0 Å². The molecule has 2 rings (SSSR count). The van der Waals surface area contributed by atoms with Gasteiger partial charge < -0.3 is 5.73 Å². The molecule has 3 heteroatoms. The molecule has 19 heavy (non-hydrogen) atoms. The van der Waals surface area contributed by atoms with Crippen LogP contribution in [0, 0.1) is 0 Å². The monoisotopic (exact) mass is 272 g/mol. The van der Waals surface area contributed by atoms with Gasteiger partial charge in [-0.25, -0.2) is 4.98 Å². The van der Waals surface area contributed by atoms with Crippen molar-refractivity contribution in [1.82, 2.24) is 4.98 Å². The Morgan fingerprint density at radius 2 is 1.74 bits per heavy atom. The lowest BCUT2D eigenvalue weighted by molar-refractivity contribution is 0.590. The molecule has 0 bridgehead atoms. The zero-order valence-electron chi connectivity index (χ0n) is 11.7. The van der Waals surface area contributed by atoms with Gasteiger partial charge in [-0.3, -0.25) is 0 Å². The van der Waals surface area contributed by atoms with Crippen LogP contribution in [0.4, 0.5) is 5.69 Å². The number of benzene rings is 1. The Hall–Kier alpha value is -1.48. The van der Waals surface area contributed by atoms with E-state index >= 15 is 0 Å². The number of nitrogen functional groups attached to an aromatic ring is 1. The molecule has 0 atom stereocenters. The predicted molar refractivity (Wildman–Crippen MR) is 83.4 cm³/mol. The summed E-state index contributed by atoms with van der Waals surface area (Å²) in [6.45, 7) is 6.69. The summed E-state index contributed by atoms with van der Waals surface area (Å²) < 4.78 is 0. The Balaban J connectivity index is 1.98. The Labute approximate surface area is 119 Å². The maximum absolute atomic E-state index is 5.62. The Bertz CT molecular complexity index is 524. The van der Waals surface area contributed by atoms with Gasteiger partial charge in [-0.05, 0) is 28.7 Å². The van der Waals surface area contributed by atoms with Crippen molar-refractivity contribution in [2.45, 2.75) is 37.0 Å². The molecule has 0 saturated heterocycles. The van der Waals surface area contributed by atoms with Crippen LogP contribution in [0.5, 0.6) is 0 Å². The van der Waals surface area contributed by atoms with Gasteiger partial charge in [0.15, 0.2) is 0 Å². The van der Waals surface area contributed by atoms with Crippen molar-refractivity contribution in [3.63, 3.8) is 0 Å². The fourth-order valence-electron chi connectivity index (χ4n) is 1.74. The number of thioether (sulfide) groups is 1. The molecule has 2 nitrogen and oxygen atoms in total. The molecule has 0 spiro atoms. The summed E-state index contributed by atoms with van der Waals surface area (Å²) in [6.07, 6.45) is 1.70. The number of aromatic nitrogens is 1. The topological polar surface area (TPSA) is 38.9 Å². The smallest absolute Gasteiger partial charge is 0.0964 e. The first-order valence-corrected chi connectivity index (χ1v) is 7.37. The van der Waals surface area contributed by atoms with Crippen LogP contribution in [0.3, 0.4) is 0 Å². The SMILES string of the molecule is CC(C)(C)c1ccc(CSc2ccc(N)cn2)cc1. The number of nitrogens with two attached hydrogens (primary N) is 1. The number of pyridine rings is 1. The fraction of sp³-hybridized carbons (Fsp3) is 0.312. The first-order valence-electron chi connectivity index (χ1n) is 6.39. The maximum Gasteiger partial charge on any atom is 0.0964 e. The second kappa shape index (κ2) is 5.66. The highest BCUT2D eigenvalue weighted by Gasteiger charge is 2.12. The predicted octanol–water partition coefficient (Wildman–Crippen LogP) is 4.25. The molecule has 0 amide bonds. The molecule has 0 fully saturated rings. The molecule has 1 aromatic heterocycles. The molecule has 2 N–H and O–H groups in total. The zero-order chi connectivity index (χ0) is 13.9. The Morgan fingerprint density at radius 1 is 1.05 bits per heavy atom. The number of hydrogen-bond donors (Lipinski definition) is 1. The van der Waals surface area contributed by atoms with E-state index in [2.05, 4.69) is 50.0 Å². The molecule has 2 aromatic rings. The lowest BCUT2D eigenvalue weighted by Gasteiger charge is -2.19. The second-order valence-electron chi connectivity index (χ2n) is 5.67. The third-order valence-corrected chi connectivity index (χ3v) is 3.98. The summed E-state index contributed by atoms with van der Waals surface area (Å²) in [7, 11) is 0. The van der Waals surface area contributed by atoms with Gasteiger partial charge in [-0.1, -0.05) is 45.0 Å². The first-order chi connectivity index (χ1) is 8.95. The number of nitrogens with zero attached hydrogens (tertiary/aromatic N) is 1. The van der Waals surface area contributed by atoms with Gasteiger partial charge in [0.2, 0.25) is 0 Å². The molecule has 100 valence electrons. The van der Waals surface area contributed by atoms with E-state index in [1.807, 2.05) is 12.1 Å². The largest absolute Gasteiger partial charge is 0.397 e. The summed E-state index contributed by atoms with van der Waals surface area (Å²) in [4.78, 5) is 4.29. The van der Waals surface area contributed by atoms with Gasteiger partial charge in [0.1, 0.15) is 0 Å². The average Bonchev–Trinajstić information content (AvgIpc) is 2.37. The lowest BCUT2D eigenvalue weighted by atomic mass is 9.87. The standard InChI is InChI=1S/C16H20N2S/c1-16(2,3)13-6-4-12(5-7-13)11-19-15-9-8-14(17)10-18-15/h4-10H,11,17H2,1-3H3. The quantitative estimate of drug-likeness (QED) is 0.849. The van der Waals surface area contributed by atoms with Gasteiger partial charge in [0.05, 0.1) is 16.9 Å². The third-order valence-electron chi connectivity index (χ3n) is 2.97. The minimum atomic E-state index is 0.212. The highest BCUT2D eigenvalue weighted by molar-refractivity contribution is 7.98. The number of rotatable bonds is 3. The summed E-state index contributed by atoms with van der Waals surface area (Å²) in [5.74, 6) is 0.932. The summed E-state index contributed by atoms with van der Waals surface area (Å²) >= 11 is 1.73. The average molecular weight is 272 g/mol. The molecule has 0 radical (unpaired) electrons. The first kappa shape index (κ1) is 13.9. The van der Waals surface area contributed by atoms with Crippen LogP contribution in [0.15, 0.2) is 47.6 Å². The van der Waals surface area contributed by atoms with E-state index in [0.29, 0.717) is 5.69 Å². The highest BCUT2D eigenvalue weighted by atomic mass is 32.2. The van der Waals surface area contributed by atoms with E-state index in [1.54, 1.807) is 18.0 Å². The van der Waals surface area contributed by atoms with Crippen LogP contribution in [-0.4, -0.2) is 4.98 Å². The number of hydrogen-bond acceptors (Lipinski definition) is 3. The molecule has 0 aliphatic rings. The molecular formula is C16H20N2S. The van der Waals surface area contributed by atoms with Crippen LogP contribution in [0.1, 0.15) is 31.9 Å². The lowest BCUT2D eigenvalue weighted by Crippen LogP contribution is -2.10. The van der Waals surface area contributed by atoms with Gasteiger partial charge in [-0.2, -0.15) is 0 Å². The van der Waals surface area contributed by atoms with E-state index in [0.717, 1.165) is 10.8 Å². The number of anilines is 1. The summed E-state index contributed by atoms with van der Waals surface area (Å²) in [5, 5.41) is 1.01. The van der Waals surface area contributed by atoms with Crippen LogP contribution >= 0.6 is 11.8 Å². The molecular weight excluding hydrogens is 252 g/mol. The van der Waals surface area contributed by atoms with Gasteiger partial charge in [0.25, 0.3) is 0 Å². The Kier molecular flexibility index (Phi) is 4.15. The van der Waals surface area contributed by atoms with Crippen molar-refractivity contribution in [2.75, 3.05) is 5.73 Å². The summed E-state index contributed by atoms with van der Waals surface area (Å²) in [5.41, 5.74) is 9.22. The van der Waals surface area contributed by atoms with E-state index in [1.165, 1.54) is 11.1 Å². The van der Waals surface area contributed by atoms with Gasteiger partial charge in [-0.15, -0.1) is 11.8 Å². The van der Waals surface area contributed by atoms with Crippen molar-refractivity contribution in [3.05, 3.63) is 53.7 Å². The zero-order valence-corrected chi connectivity index (χ0v) is 12.5. The van der Waals surface area contributed by atoms with Crippen LogP contribution in [0.25, 0.3) is 0 Å². The highest BCUT2D eigenvalue weighted by Crippen LogP contribution is 2.25. The van der Waals surface area contributed by atoms with Crippen LogP contribution in [-0.2, 0) is 11.2 Å². The molecule has 1 heterocycles. The van der Waals surface area contributed by atoms with Gasteiger partial charge in [0, 0.05) is 5.75 Å². The van der Waals surface area contributed by atoms with Crippen molar-refractivity contribution in [1.29, 1.82) is 0 Å². The maximum atomic E-state index is 5.62. The third kappa shape index (κ3) is 4.00.